The molecule has 2 nitrogen and oxygen atoms in total. The van der Waals surface area contributed by atoms with Crippen molar-refractivity contribution in [2.45, 2.75) is 13.5 Å². The Morgan fingerprint density at radius 1 is 1.38 bits per heavy atom. The van der Waals surface area contributed by atoms with Gasteiger partial charge in [0, 0.05) is 5.56 Å². The first-order valence-corrected chi connectivity index (χ1v) is 4.14. The third-order valence-corrected chi connectivity index (χ3v) is 1.74. The highest BCUT2D eigenvalue weighted by molar-refractivity contribution is 6.04. The van der Waals surface area contributed by atoms with Gasteiger partial charge >= 0.3 is 0 Å². The fraction of sp³-hybridized carbons (Fsp3) is 0.182. The molecule has 2 heteroatoms. The number of carbonyl (C=O) groups is 1. The number of aliphatic hydroxyl groups is 1. The summed E-state index contributed by atoms with van der Waals surface area (Å²) in [5.41, 5.74) is 1.47. The van der Waals surface area contributed by atoms with Gasteiger partial charge < -0.3 is 5.11 Å². The van der Waals surface area contributed by atoms with Crippen LogP contribution < -0.4 is 0 Å². The van der Waals surface area contributed by atoms with E-state index in [9.17, 15) is 4.79 Å². The van der Waals surface area contributed by atoms with Crippen molar-refractivity contribution < 1.29 is 9.90 Å². The van der Waals surface area contributed by atoms with Crippen molar-refractivity contribution in [2.24, 2.45) is 0 Å². The van der Waals surface area contributed by atoms with E-state index >= 15 is 0 Å². The fourth-order valence-corrected chi connectivity index (χ4v) is 1.02. The average Bonchev–Trinajstić information content (AvgIpc) is 2.18. The molecule has 0 saturated heterocycles. The van der Waals surface area contributed by atoms with Gasteiger partial charge in [-0.15, -0.1) is 0 Å². The molecule has 0 saturated carbocycles. The van der Waals surface area contributed by atoms with Crippen molar-refractivity contribution in [2.75, 3.05) is 0 Å². The monoisotopic (exact) mass is 176 g/mol. The Hall–Kier alpha value is -1.41. The number of rotatable bonds is 3. The van der Waals surface area contributed by atoms with Crippen LogP contribution in [-0.2, 0) is 6.61 Å². The summed E-state index contributed by atoms with van der Waals surface area (Å²) in [6.45, 7) is 1.82. The Morgan fingerprint density at radius 3 is 2.46 bits per heavy atom. The van der Waals surface area contributed by atoms with Crippen LogP contribution in [0.15, 0.2) is 36.4 Å². The van der Waals surface area contributed by atoms with Crippen LogP contribution in [0.4, 0.5) is 0 Å². The SMILES string of the molecule is CC=CC(=O)c1ccc(CO)cc1. The zero-order valence-corrected chi connectivity index (χ0v) is 7.53. The Labute approximate surface area is 77.5 Å². The van der Waals surface area contributed by atoms with Crippen LogP contribution in [0.25, 0.3) is 0 Å². The van der Waals surface area contributed by atoms with Crippen LogP contribution in [0.5, 0.6) is 0 Å². The maximum Gasteiger partial charge on any atom is 0.185 e. The molecule has 0 heterocycles. The molecule has 1 rings (SSSR count). The molecule has 0 amide bonds. The minimum atomic E-state index is -0.00742. The van der Waals surface area contributed by atoms with Crippen LogP contribution >= 0.6 is 0 Å². The highest BCUT2D eigenvalue weighted by Crippen LogP contribution is 2.05. The van der Waals surface area contributed by atoms with Crippen molar-refractivity contribution in [1.29, 1.82) is 0 Å². The second-order valence-electron chi connectivity index (χ2n) is 2.72. The molecular weight excluding hydrogens is 164 g/mol. The molecule has 0 aliphatic carbocycles. The minimum Gasteiger partial charge on any atom is -0.392 e. The smallest absolute Gasteiger partial charge is 0.185 e. The maximum atomic E-state index is 11.3. The van der Waals surface area contributed by atoms with Gasteiger partial charge in [0.05, 0.1) is 6.61 Å². The first-order chi connectivity index (χ1) is 6.27. The normalized spacial score (nSPS) is 10.6. The molecule has 0 fully saturated rings. The Morgan fingerprint density at radius 2 is 2.00 bits per heavy atom. The predicted molar refractivity (Wildman–Crippen MR) is 51.5 cm³/mol. The summed E-state index contributed by atoms with van der Waals surface area (Å²) in [4.78, 5) is 11.3. The third-order valence-electron chi connectivity index (χ3n) is 1.74. The summed E-state index contributed by atoms with van der Waals surface area (Å²) in [5.74, 6) is -0.00742. The summed E-state index contributed by atoms with van der Waals surface area (Å²) in [5, 5.41) is 8.77. The largest absolute Gasteiger partial charge is 0.392 e. The van der Waals surface area contributed by atoms with Crippen molar-refractivity contribution >= 4 is 5.78 Å². The number of aliphatic hydroxyl groups excluding tert-OH is 1. The lowest BCUT2D eigenvalue weighted by Gasteiger charge is -1.97. The summed E-state index contributed by atoms with van der Waals surface area (Å²) < 4.78 is 0. The summed E-state index contributed by atoms with van der Waals surface area (Å²) >= 11 is 0. The van der Waals surface area contributed by atoms with Crippen molar-refractivity contribution in [3.8, 4) is 0 Å². The van der Waals surface area contributed by atoms with Gasteiger partial charge in [-0.2, -0.15) is 0 Å². The number of allylic oxidation sites excluding steroid dienone is 2. The molecule has 68 valence electrons. The van der Waals surface area contributed by atoms with E-state index in [1.54, 1.807) is 37.3 Å². The third kappa shape index (κ3) is 2.53. The Bertz CT molecular complexity index is 309. The van der Waals surface area contributed by atoms with Crippen LogP contribution in [0.2, 0.25) is 0 Å². The van der Waals surface area contributed by atoms with Crippen LogP contribution in [-0.4, -0.2) is 10.9 Å². The highest BCUT2D eigenvalue weighted by atomic mass is 16.3. The van der Waals surface area contributed by atoms with Gasteiger partial charge in [-0.25, -0.2) is 0 Å². The lowest BCUT2D eigenvalue weighted by Crippen LogP contribution is -1.94. The summed E-state index contributed by atoms with van der Waals surface area (Å²) in [7, 11) is 0. The predicted octanol–water partition coefficient (Wildman–Crippen LogP) is 1.94. The van der Waals surface area contributed by atoms with Gasteiger partial charge in [0.2, 0.25) is 0 Å². The van der Waals surface area contributed by atoms with Gasteiger partial charge in [-0.1, -0.05) is 30.3 Å². The first-order valence-electron chi connectivity index (χ1n) is 4.14. The van der Waals surface area contributed by atoms with Crippen LogP contribution in [0.1, 0.15) is 22.8 Å². The quantitative estimate of drug-likeness (QED) is 0.564. The number of benzene rings is 1. The van der Waals surface area contributed by atoms with Gasteiger partial charge in [-0.3, -0.25) is 4.79 Å². The van der Waals surface area contributed by atoms with Crippen molar-refractivity contribution in [1.82, 2.24) is 0 Å². The maximum absolute atomic E-state index is 11.3. The molecule has 0 atom stereocenters. The molecule has 1 aromatic rings. The molecule has 0 aliphatic rings. The number of hydrogen-bond donors (Lipinski definition) is 1. The van der Waals surface area contributed by atoms with E-state index in [1.807, 2.05) is 0 Å². The standard InChI is InChI=1S/C11H12O2/c1-2-3-11(13)10-6-4-9(8-12)5-7-10/h2-7,12H,8H2,1H3. The molecule has 1 aromatic carbocycles. The van der Waals surface area contributed by atoms with Gasteiger partial charge in [0.1, 0.15) is 0 Å². The molecule has 0 aromatic heterocycles. The lowest BCUT2D eigenvalue weighted by atomic mass is 10.1. The van der Waals surface area contributed by atoms with Crippen molar-refractivity contribution in [3.05, 3.63) is 47.5 Å². The van der Waals surface area contributed by atoms with Gasteiger partial charge in [0.25, 0.3) is 0 Å². The fourth-order valence-electron chi connectivity index (χ4n) is 1.02. The highest BCUT2D eigenvalue weighted by Gasteiger charge is 1.99. The zero-order chi connectivity index (χ0) is 9.68. The van der Waals surface area contributed by atoms with Crippen LogP contribution in [0.3, 0.4) is 0 Å². The summed E-state index contributed by atoms with van der Waals surface area (Å²) in [6, 6.07) is 6.93. The van der Waals surface area contributed by atoms with E-state index in [1.165, 1.54) is 6.08 Å². The first kappa shape index (κ1) is 9.68. The van der Waals surface area contributed by atoms with Gasteiger partial charge in [0.15, 0.2) is 5.78 Å². The molecular formula is C11H12O2. The number of carbonyl (C=O) groups excluding carboxylic acids is 1. The Kier molecular flexibility index (Phi) is 3.41. The van der Waals surface area contributed by atoms with E-state index in [4.69, 9.17) is 5.11 Å². The topological polar surface area (TPSA) is 37.3 Å². The van der Waals surface area contributed by atoms with E-state index < -0.39 is 0 Å². The summed E-state index contributed by atoms with van der Waals surface area (Å²) in [6.07, 6.45) is 3.23. The molecule has 0 bridgehead atoms. The van der Waals surface area contributed by atoms with E-state index in [2.05, 4.69) is 0 Å². The molecule has 0 radical (unpaired) electrons. The number of hydrogen-bond acceptors (Lipinski definition) is 2. The van der Waals surface area contributed by atoms with E-state index in [-0.39, 0.29) is 12.4 Å². The molecule has 0 spiro atoms. The lowest BCUT2D eigenvalue weighted by molar-refractivity contribution is 0.104. The number of ketones is 1. The zero-order valence-electron chi connectivity index (χ0n) is 7.53. The van der Waals surface area contributed by atoms with Gasteiger partial charge in [-0.05, 0) is 18.6 Å². The van der Waals surface area contributed by atoms with E-state index in [0.29, 0.717) is 5.56 Å². The average molecular weight is 176 g/mol. The minimum absolute atomic E-state index is 0.00742. The second kappa shape index (κ2) is 4.58. The molecule has 0 unspecified atom stereocenters. The molecule has 0 aliphatic heterocycles. The van der Waals surface area contributed by atoms with Crippen molar-refractivity contribution in [3.63, 3.8) is 0 Å². The molecule has 13 heavy (non-hydrogen) atoms. The molecule has 1 N–H and O–H groups in total. The Balaban J connectivity index is 2.85. The second-order valence-corrected chi connectivity index (χ2v) is 2.72. The van der Waals surface area contributed by atoms with Crippen LogP contribution in [0, 0.1) is 0 Å². The van der Waals surface area contributed by atoms with E-state index in [0.717, 1.165) is 5.56 Å².